The number of esters is 1. The number of carbonyl (C=O) groups is 2. The number of thiophene rings is 1. The van der Waals surface area contributed by atoms with Crippen LogP contribution in [0.1, 0.15) is 5.56 Å². The third kappa shape index (κ3) is 6.00. The van der Waals surface area contributed by atoms with E-state index in [2.05, 4.69) is 5.32 Å². The molecule has 0 aliphatic heterocycles. The van der Waals surface area contributed by atoms with E-state index in [1.807, 2.05) is 16.8 Å². The predicted octanol–water partition coefficient (Wildman–Crippen LogP) is 3.00. The number of hydrogen-bond acceptors (Lipinski definition) is 6. The molecule has 0 aliphatic carbocycles. The molecule has 2 aromatic rings. The fraction of sp³-hybridized carbons (Fsp3) is 0.125. The molecule has 0 aliphatic rings. The maximum atomic E-state index is 11.8. The van der Waals surface area contributed by atoms with Gasteiger partial charge in [0, 0.05) is 12.3 Å². The van der Waals surface area contributed by atoms with Gasteiger partial charge in [-0.25, -0.2) is 13.2 Å². The smallest absolute Gasteiger partial charge is 0.331 e. The number of anilines is 1. The van der Waals surface area contributed by atoms with E-state index in [-0.39, 0.29) is 15.6 Å². The Bertz CT molecular complexity index is 905. The van der Waals surface area contributed by atoms with Crippen LogP contribution in [0, 0.1) is 0 Å². The minimum atomic E-state index is -3.44. The number of nitrogens with one attached hydrogen (secondary N) is 1. The van der Waals surface area contributed by atoms with Gasteiger partial charge in [0.1, 0.15) is 0 Å². The van der Waals surface area contributed by atoms with Crippen LogP contribution in [-0.4, -0.2) is 33.2 Å². The monoisotopic (exact) mass is 399 g/mol. The number of hydrogen-bond donors (Lipinski definition) is 1. The molecule has 0 unspecified atom stereocenters. The molecular weight excluding hydrogens is 386 g/mol. The summed E-state index contributed by atoms with van der Waals surface area (Å²) in [6.45, 7) is -0.522. The van der Waals surface area contributed by atoms with Crippen molar-refractivity contribution in [3.8, 4) is 0 Å². The van der Waals surface area contributed by atoms with E-state index >= 15 is 0 Å². The lowest BCUT2D eigenvalue weighted by Gasteiger charge is -2.09. The van der Waals surface area contributed by atoms with Gasteiger partial charge < -0.3 is 10.1 Å². The van der Waals surface area contributed by atoms with E-state index in [1.54, 1.807) is 6.08 Å². The topological polar surface area (TPSA) is 89.5 Å². The minimum absolute atomic E-state index is 0.0166. The Morgan fingerprint density at radius 3 is 2.72 bits per heavy atom. The Labute approximate surface area is 154 Å². The molecule has 9 heteroatoms. The summed E-state index contributed by atoms with van der Waals surface area (Å²) in [6, 6.07) is 5.78. The first kappa shape index (κ1) is 19.2. The first-order valence-electron chi connectivity index (χ1n) is 6.92. The number of benzene rings is 1. The second-order valence-electron chi connectivity index (χ2n) is 4.96. The summed E-state index contributed by atoms with van der Waals surface area (Å²) in [7, 11) is -3.44. The van der Waals surface area contributed by atoms with Crippen molar-refractivity contribution in [1.29, 1.82) is 0 Å². The van der Waals surface area contributed by atoms with E-state index in [4.69, 9.17) is 16.3 Å². The van der Waals surface area contributed by atoms with Crippen LogP contribution in [0.25, 0.3) is 6.08 Å². The summed E-state index contributed by atoms with van der Waals surface area (Å²) in [6.07, 6.45) is 3.83. The molecule has 1 N–H and O–H groups in total. The van der Waals surface area contributed by atoms with Crippen molar-refractivity contribution in [2.75, 3.05) is 18.2 Å². The largest absolute Gasteiger partial charge is 0.452 e. The van der Waals surface area contributed by atoms with Crippen LogP contribution < -0.4 is 5.32 Å². The normalized spacial score (nSPS) is 11.4. The van der Waals surface area contributed by atoms with Gasteiger partial charge in [-0.1, -0.05) is 11.6 Å². The van der Waals surface area contributed by atoms with Crippen molar-refractivity contribution < 1.29 is 22.7 Å². The van der Waals surface area contributed by atoms with Crippen molar-refractivity contribution in [1.82, 2.24) is 0 Å². The molecule has 25 heavy (non-hydrogen) atoms. The molecule has 2 rings (SSSR count). The van der Waals surface area contributed by atoms with Crippen LogP contribution in [0.2, 0.25) is 5.02 Å². The third-order valence-electron chi connectivity index (χ3n) is 2.94. The lowest BCUT2D eigenvalue weighted by molar-refractivity contribution is -0.142. The number of carbonyl (C=O) groups excluding carboxylic acids is 2. The highest BCUT2D eigenvalue weighted by Gasteiger charge is 2.13. The standard InChI is InChI=1S/C16H14ClNO5S2/c1-25(21,22)12-3-4-13(17)14(8-12)18-15(19)9-23-16(20)5-2-11-6-7-24-10-11/h2-8,10H,9H2,1H3,(H,18,19)/b5-2+. The van der Waals surface area contributed by atoms with Gasteiger partial charge >= 0.3 is 5.97 Å². The summed E-state index contributed by atoms with van der Waals surface area (Å²) in [5, 5.41) is 6.31. The summed E-state index contributed by atoms with van der Waals surface area (Å²) < 4.78 is 27.9. The van der Waals surface area contributed by atoms with E-state index < -0.39 is 28.3 Å². The molecule has 1 heterocycles. The van der Waals surface area contributed by atoms with Crippen molar-refractivity contribution >= 4 is 56.4 Å². The molecule has 1 amide bonds. The highest BCUT2D eigenvalue weighted by atomic mass is 35.5. The van der Waals surface area contributed by atoms with E-state index in [0.717, 1.165) is 11.8 Å². The number of amides is 1. The Balaban J connectivity index is 1.93. The number of rotatable bonds is 6. The summed E-state index contributed by atoms with van der Waals surface area (Å²) in [5.74, 6) is -1.30. The second-order valence-corrected chi connectivity index (χ2v) is 8.16. The fourth-order valence-corrected chi connectivity index (χ4v) is 3.18. The Morgan fingerprint density at radius 1 is 1.32 bits per heavy atom. The molecule has 0 atom stereocenters. The maximum absolute atomic E-state index is 11.8. The molecular formula is C16H14ClNO5S2. The Hall–Kier alpha value is -2.16. The highest BCUT2D eigenvalue weighted by Crippen LogP contribution is 2.25. The molecule has 0 bridgehead atoms. The highest BCUT2D eigenvalue weighted by molar-refractivity contribution is 7.90. The zero-order valence-corrected chi connectivity index (χ0v) is 15.5. The average molecular weight is 400 g/mol. The summed E-state index contributed by atoms with van der Waals surface area (Å²) in [4.78, 5) is 23.4. The Kier molecular flexibility index (Phi) is 6.35. The molecule has 0 saturated carbocycles. The zero-order valence-electron chi connectivity index (χ0n) is 13.1. The van der Waals surface area contributed by atoms with Gasteiger partial charge in [0.05, 0.1) is 15.6 Å². The number of ether oxygens (including phenoxy) is 1. The van der Waals surface area contributed by atoms with Gasteiger partial charge in [-0.15, -0.1) is 0 Å². The van der Waals surface area contributed by atoms with Crippen molar-refractivity contribution in [2.45, 2.75) is 4.90 Å². The predicted molar refractivity (Wildman–Crippen MR) is 97.5 cm³/mol. The fourth-order valence-electron chi connectivity index (χ4n) is 1.74. The lowest BCUT2D eigenvalue weighted by atomic mass is 10.3. The third-order valence-corrected chi connectivity index (χ3v) is 5.08. The Morgan fingerprint density at radius 2 is 2.08 bits per heavy atom. The number of halogens is 1. The van der Waals surface area contributed by atoms with E-state index in [1.165, 1.54) is 35.6 Å². The van der Waals surface area contributed by atoms with Crippen LogP contribution in [0.5, 0.6) is 0 Å². The van der Waals surface area contributed by atoms with Gasteiger partial charge in [-0.05, 0) is 46.7 Å². The molecule has 0 saturated heterocycles. The zero-order chi connectivity index (χ0) is 18.4. The van der Waals surface area contributed by atoms with Gasteiger partial charge in [-0.2, -0.15) is 11.3 Å². The average Bonchev–Trinajstić information content (AvgIpc) is 3.05. The first-order valence-corrected chi connectivity index (χ1v) is 10.1. The summed E-state index contributed by atoms with van der Waals surface area (Å²) >= 11 is 7.42. The van der Waals surface area contributed by atoms with Gasteiger partial charge in [0.2, 0.25) is 0 Å². The van der Waals surface area contributed by atoms with Crippen LogP contribution >= 0.6 is 22.9 Å². The van der Waals surface area contributed by atoms with Crippen molar-refractivity contribution in [3.63, 3.8) is 0 Å². The van der Waals surface area contributed by atoms with Crippen LogP contribution in [-0.2, 0) is 24.2 Å². The molecule has 1 aromatic heterocycles. The first-order chi connectivity index (χ1) is 11.8. The number of sulfone groups is 1. The van der Waals surface area contributed by atoms with Crippen molar-refractivity contribution in [3.05, 3.63) is 51.7 Å². The van der Waals surface area contributed by atoms with E-state index in [0.29, 0.717) is 0 Å². The molecule has 0 spiro atoms. The van der Waals surface area contributed by atoms with Crippen molar-refractivity contribution in [2.24, 2.45) is 0 Å². The van der Waals surface area contributed by atoms with Gasteiger partial charge in [0.15, 0.2) is 16.4 Å². The molecule has 0 radical (unpaired) electrons. The quantitative estimate of drug-likeness (QED) is 0.595. The van der Waals surface area contributed by atoms with Crippen LogP contribution in [0.3, 0.4) is 0 Å². The lowest BCUT2D eigenvalue weighted by Crippen LogP contribution is -2.20. The maximum Gasteiger partial charge on any atom is 0.331 e. The SMILES string of the molecule is CS(=O)(=O)c1ccc(Cl)c(NC(=O)COC(=O)/C=C/c2ccsc2)c1. The molecule has 0 fully saturated rings. The summed E-state index contributed by atoms with van der Waals surface area (Å²) in [5.41, 5.74) is 0.982. The molecule has 132 valence electrons. The van der Waals surface area contributed by atoms with Crippen LogP contribution in [0.15, 0.2) is 46.0 Å². The molecule has 6 nitrogen and oxygen atoms in total. The van der Waals surface area contributed by atoms with Crippen LogP contribution in [0.4, 0.5) is 5.69 Å². The van der Waals surface area contributed by atoms with Gasteiger partial charge in [-0.3, -0.25) is 4.79 Å². The molecule has 1 aromatic carbocycles. The van der Waals surface area contributed by atoms with Gasteiger partial charge in [0.25, 0.3) is 5.91 Å². The second kappa shape index (κ2) is 8.28. The van der Waals surface area contributed by atoms with E-state index in [9.17, 15) is 18.0 Å². The minimum Gasteiger partial charge on any atom is -0.452 e.